The van der Waals surface area contributed by atoms with E-state index in [0.717, 1.165) is 28.4 Å². The standard InChI is InChI=1S/C16H22BrNO2/c1-12-11-13(17)7-8-15(12)16(20)18(9-10-19)14-5-3-2-4-6-14/h7-8,11,14,19H,2-6,9-10H2,1H3. The lowest BCUT2D eigenvalue weighted by molar-refractivity contribution is 0.0584. The first kappa shape index (κ1) is 15.5. The van der Waals surface area contributed by atoms with Gasteiger partial charge in [0.05, 0.1) is 6.61 Å². The summed E-state index contributed by atoms with van der Waals surface area (Å²) < 4.78 is 0.984. The second-order valence-electron chi connectivity index (χ2n) is 5.47. The zero-order valence-corrected chi connectivity index (χ0v) is 13.5. The fourth-order valence-electron chi connectivity index (χ4n) is 2.97. The molecule has 1 amide bonds. The summed E-state index contributed by atoms with van der Waals surface area (Å²) in [6, 6.07) is 6.02. The maximum absolute atomic E-state index is 12.8. The summed E-state index contributed by atoms with van der Waals surface area (Å²) in [5.41, 5.74) is 1.72. The highest BCUT2D eigenvalue weighted by atomic mass is 79.9. The second-order valence-corrected chi connectivity index (χ2v) is 6.39. The number of aryl methyl sites for hydroxylation is 1. The summed E-state index contributed by atoms with van der Waals surface area (Å²) in [4.78, 5) is 14.6. The predicted molar refractivity (Wildman–Crippen MR) is 83.9 cm³/mol. The highest BCUT2D eigenvalue weighted by Gasteiger charge is 2.26. The van der Waals surface area contributed by atoms with Gasteiger partial charge in [0.1, 0.15) is 0 Å². The van der Waals surface area contributed by atoms with E-state index in [1.54, 1.807) is 0 Å². The third-order valence-corrected chi connectivity index (χ3v) is 4.53. The molecule has 1 N–H and O–H groups in total. The van der Waals surface area contributed by atoms with Crippen LogP contribution in [0.25, 0.3) is 0 Å². The molecular formula is C16H22BrNO2. The van der Waals surface area contributed by atoms with Crippen molar-refractivity contribution < 1.29 is 9.90 Å². The highest BCUT2D eigenvalue weighted by Crippen LogP contribution is 2.25. The normalized spacial score (nSPS) is 16.1. The van der Waals surface area contributed by atoms with Crippen LogP contribution in [-0.4, -0.2) is 35.1 Å². The summed E-state index contributed by atoms with van der Waals surface area (Å²) in [6.45, 7) is 2.41. The summed E-state index contributed by atoms with van der Waals surface area (Å²) in [5.74, 6) is 0.0518. The highest BCUT2D eigenvalue weighted by molar-refractivity contribution is 9.10. The molecule has 1 aromatic rings. The molecule has 2 rings (SSSR count). The number of aliphatic hydroxyl groups is 1. The van der Waals surface area contributed by atoms with Crippen molar-refractivity contribution >= 4 is 21.8 Å². The molecule has 1 saturated carbocycles. The van der Waals surface area contributed by atoms with Crippen molar-refractivity contribution in [2.24, 2.45) is 0 Å². The first-order chi connectivity index (χ1) is 9.63. The van der Waals surface area contributed by atoms with Crippen molar-refractivity contribution in [3.8, 4) is 0 Å². The van der Waals surface area contributed by atoms with Gasteiger partial charge in [0, 0.05) is 22.6 Å². The van der Waals surface area contributed by atoms with E-state index < -0.39 is 0 Å². The van der Waals surface area contributed by atoms with Gasteiger partial charge in [-0.25, -0.2) is 0 Å². The maximum atomic E-state index is 12.8. The Morgan fingerprint density at radius 1 is 1.35 bits per heavy atom. The van der Waals surface area contributed by atoms with Crippen LogP contribution in [0.15, 0.2) is 22.7 Å². The summed E-state index contributed by atoms with van der Waals surface area (Å²) >= 11 is 3.42. The van der Waals surface area contributed by atoms with Crippen LogP contribution in [0.1, 0.15) is 48.0 Å². The van der Waals surface area contributed by atoms with Gasteiger partial charge in [-0.1, -0.05) is 35.2 Å². The van der Waals surface area contributed by atoms with E-state index in [1.807, 2.05) is 30.0 Å². The van der Waals surface area contributed by atoms with Crippen LogP contribution in [0.3, 0.4) is 0 Å². The van der Waals surface area contributed by atoms with E-state index in [9.17, 15) is 9.90 Å². The quantitative estimate of drug-likeness (QED) is 0.911. The number of carbonyl (C=O) groups is 1. The number of rotatable bonds is 4. The minimum absolute atomic E-state index is 0.0256. The average Bonchev–Trinajstić information content (AvgIpc) is 2.45. The van der Waals surface area contributed by atoms with Crippen molar-refractivity contribution in [3.05, 3.63) is 33.8 Å². The minimum atomic E-state index is 0.0256. The van der Waals surface area contributed by atoms with Crippen LogP contribution < -0.4 is 0 Å². The first-order valence-corrected chi connectivity index (χ1v) is 8.10. The molecule has 4 heteroatoms. The molecule has 0 atom stereocenters. The Morgan fingerprint density at radius 2 is 2.05 bits per heavy atom. The van der Waals surface area contributed by atoms with E-state index in [2.05, 4.69) is 15.9 Å². The lowest BCUT2D eigenvalue weighted by Crippen LogP contribution is -2.43. The maximum Gasteiger partial charge on any atom is 0.254 e. The van der Waals surface area contributed by atoms with Crippen LogP contribution in [0, 0.1) is 6.92 Å². The number of hydrogen-bond donors (Lipinski definition) is 1. The number of nitrogens with zero attached hydrogens (tertiary/aromatic N) is 1. The topological polar surface area (TPSA) is 40.5 Å². The van der Waals surface area contributed by atoms with Crippen LogP contribution in [0.4, 0.5) is 0 Å². The van der Waals surface area contributed by atoms with E-state index >= 15 is 0 Å². The zero-order chi connectivity index (χ0) is 14.5. The molecule has 1 aliphatic rings. The second kappa shape index (κ2) is 7.23. The average molecular weight is 340 g/mol. The fraction of sp³-hybridized carbons (Fsp3) is 0.562. The van der Waals surface area contributed by atoms with E-state index in [1.165, 1.54) is 19.3 Å². The van der Waals surface area contributed by atoms with Crippen molar-refractivity contribution in [3.63, 3.8) is 0 Å². The zero-order valence-electron chi connectivity index (χ0n) is 11.9. The molecule has 0 aliphatic heterocycles. The molecule has 0 bridgehead atoms. The molecule has 0 heterocycles. The molecule has 0 aromatic heterocycles. The van der Waals surface area contributed by atoms with Crippen LogP contribution >= 0.6 is 15.9 Å². The molecule has 0 unspecified atom stereocenters. The number of carbonyl (C=O) groups excluding carboxylic acids is 1. The van der Waals surface area contributed by atoms with Gasteiger partial charge in [0.15, 0.2) is 0 Å². The van der Waals surface area contributed by atoms with Crippen LogP contribution in [0.2, 0.25) is 0 Å². The van der Waals surface area contributed by atoms with Gasteiger partial charge in [-0.3, -0.25) is 4.79 Å². The molecule has 3 nitrogen and oxygen atoms in total. The summed E-state index contributed by atoms with van der Waals surface area (Å²) in [6.07, 6.45) is 5.73. The third kappa shape index (κ3) is 3.61. The number of halogens is 1. The Balaban J connectivity index is 2.21. The van der Waals surface area contributed by atoms with Crippen molar-refractivity contribution in [2.75, 3.05) is 13.2 Å². The Labute approximate surface area is 129 Å². The van der Waals surface area contributed by atoms with Gasteiger partial charge in [0.25, 0.3) is 5.91 Å². The monoisotopic (exact) mass is 339 g/mol. The molecule has 1 fully saturated rings. The van der Waals surface area contributed by atoms with Crippen LogP contribution in [-0.2, 0) is 0 Å². The minimum Gasteiger partial charge on any atom is -0.395 e. The number of amides is 1. The number of benzene rings is 1. The molecule has 1 aromatic carbocycles. The van der Waals surface area contributed by atoms with Gasteiger partial charge >= 0.3 is 0 Å². The Hall–Kier alpha value is -0.870. The van der Waals surface area contributed by atoms with Crippen molar-refractivity contribution in [2.45, 2.75) is 45.1 Å². The number of hydrogen-bond acceptors (Lipinski definition) is 2. The Morgan fingerprint density at radius 3 is 2.65 bits per heavy atom. The largest absolute Gasteiger partial charge is 0.395 e. The lowest BCUT2D eigenvalue weighted by atomic mass is 9.93. The molecule has 0 saturated heterocycles. The third-order valence-electron chi connectivity index (χ3n) is 4.04. The van der Waals surface area contributed by atoms with E-state index in [0.29, 0.717) is 6.54 Å². The predicted octanol–water partition coefficient (Wildman–Crippen LogP) is 3.52. The Kier molecular flexibility index (Phi) is 5.61. The number of aliphatic hydroxyl groups excluding tert-OH is 1. The van der Waals surface area contributed by atoms with Crippen molar-refractivity contribution in [1.29, 1.82) is 0 Å². The van der Waals surface area contributed by atoms with Gasteiger partial charge in [-0.2, -0.15) is 0 Å². The lowest BCUT2D eigenvalue weighted by Gasteiger charge is -2.34. The Bertz CT molecular complexity index is 470. The van der Waals surface area contributed by atoms with Crippen LogP contribution in [0.5, 0.6) is 0 Å². The molecular weight excluding hydrogens is 318 g/mol. The van der Waals surface area contributed by atoms with Gasteiger partial charge < -0.3 is 10.0 Å². The molecule has 0 radical (unpaired) electrons. The fourth-order valence-corrected chi connectivity index (χ4v) is 3.45. The van der Waals surface area contributed by atoms with E-state index in [4.69, 9.17) is 0 Å². The molecule has 1 aliphatic carbocycles. The smallest absolute Gasteiger partial charge is 0.254 e. The SMILES string of the molecule is Cc1cc(Br)ccc1C(=O)N(CCO)C1CCCCC1. The summed E-state index contributed by atoms with van der Waals surface area (Å²) in [5, 5.41) is 9.28. The summed E-state index contributed by atoms with van der Waals surface area (Å²) in [7, 11) is 0. The van der Waals surface area contributed by atoms with E-state index in [-0.39, 0.29) is 18.6 Å². The van der Waals surface area contributed by atoms with Gasteiger partial charge in [-0.05, 0) is 43.5 Å². The van der Waals surface area contributed by atoms with Gasteiger partial charge in [0.2, 0.25) is 0 Å². The molecule has 110 valence electrons. The molecule has 20 heavy (non-hydrogen) atoms. The van der Waals surface area contributed by atoms with Gasteiger partial charge in [-0.15, -0.1) is 0 Å². The van der Waals surface area contributed by atoms with Crippen molar-refractivity contribution in [1.82, 2.24) is 4.90 Å². The first-order valence-electron chi connectivity index (χ1n) is 7.31. The molecule has 0 spiro atoms.